The van der Waals surface area contributed by atoms with Crippen LogP contribution in [0.3, 0.4) is 0 Å². The van der Waals surface area contributed by atoms with Crippen molar-refractivity contribution in [2.24, 2.45) is 0 Å². The lowest BCUT2D eigenvalue weighted by molar-refractivity contribution is -0.386. The van der Waals surface area contributed by atoms with Gasteiger partial charge in [0, 0.05) is 7.05 Å². The molecule has 1 unspecified atom stereocenters. The van der Waals surface area contributed by atoms with E-state index in [-0.39, 0.29) is 11.8 Å². The first-order chi connectivity index (χ1) is 10.3. The van der Waals surface area contributed by atoms with Crippen LogP contribution in [-0.4, -0.2) is 42.3 Å². The molecule has 0 aliphatic rings. The molecule has 1 aromatic rings. The quantitative estimate of drug-likeness (QED) is 0.324. The van der Waals surface area contributed by atoms with Gasteiger partial charge < -0.3 is 15.2 Å². The van der Waals surface area contributed by atoms with Crippen LogP contribution < -0.4 is 5.32 Å². The van der Waals surface area contributed by atoms with Crippen LogP contribution in [0, 0.1) is 10.1 Å². The third kappa shape index (κ3) is 3.09. The zero-order chi connectivity index (χ0) is 16.9. The molecule has 0 aliphatic carbocycles. The van der Waals surface area contributed by atoms with E-state index in [1.807, 2.05) is 0 Å². The number of nitrogens with one attached hydrogen (secondary N) is 1. The van der Waals surface area contributed by atoms with Gasteiger partial charge in [0.2, 0.25) is 0 Å². The van der Waals surface area contributed by atoms with E-state index in [9.17, 15) is 29.6 Å². The molecule has 1 rings (SSSR count). The summed E-state index contributed by atoms with van der Waals surface area (Å²) in [6.45, 7) is 0. The lowest BCUT2D eigenvalue weighted by atomic mass is 9.87. The van der Waals surface area contributed by atoms with Gasteiger partial charge in [0.1, 0.15) is 0 Å². The van der Waals surface area contributed by atoms with Crippen molar-refractivity contribution in [1.29, 1.82) is 0 Å². The van der Waals surface area contributed by atoms with Crippen molar-refractivity contribution in [3.63, 3.8) is 0 Å². The van der Waals surface area contributed by atoms with Gasteiger partial charge in [-0.2, -0.15) is 0 Å². The van der Waals surface area contributed by atoms with Crippen molar-refractivity contribution in [3.8, 4) is 0 Å². The molecule has 0 bridgehead atoms. The van der Waals surface area contributed by atoms with E-state index in [1.54, 1.807) is 0 Å². The highest BCUT2D eigenvalue weighted by atomic mass is 16.6. The largest absolute Gasteiger partial charge is 0.469 e. The van der Waals surface area contributed by atoms with E-state index in [0.717, 1.165) is 19.2 Å². The Morgan fingerprint density at radius 1 is 1.50 bits per heavy atom. The minimum absolute atomic E-state index is 0.226. The van der Waals surface area contributed by atoms with E-state index in [2.05, 4.69) is 10.1 Å². The molecule has 1 aromatic carbocycles. The fourth-order valence-corrected chi connectivity index (χ4v) is 1.98. The Labute approximate surface area is 125 Å². The van der Waals surface area contributed by atoms with Gasteiger partial charge in [0.15, 0.2) is 11.9 Å². The number of nitro groups is 1. The first-order valence-electron chi connectivity index (χ1n) is 6.06. The first-order valence-corrected chi connectivity index (χ1v) is 6.06. The Morgan fingerprint density at radius 2 is 2.14 bits per heavy atom. The van der Waals surface area contributed by atoms with Gasteiger partial charge in [0.05, 0.1) is 29.6 Å². The molecule has 0 spiro atoms. The standard InChI is InChI=1S/C13H14N2O7/c1-14-12(18)13(19,6-10(17)22-2)9-5-3-4-8(7-16)11(9)15(20)21/h3-5,7,19H,6H2,1-2H3,(H,14,18). The van der Waals surface area contributed by atoms with Crippen molar-refractivity contribution in [1.82, 2.24) is 5.32 Å². The molecular weight excluding hydrogens is 296 g/mol. The van der Waals surface area contributed by atoms with Crippen molar-refractivity contribution in [2.75, 3.05) is 14.2 Å². The Balaban J connectivity index is 3.62. The number of carbonyl (C=O) groups is 3. The monoisotopic (exact) mass is 310 g/mol. The number of hydrogen-bond donors (Lipinski definition) is 2. The van der Waals surface area contributed by atoms with Crippen LogP contribution in [0.15, 0.2) is 18.2 Å². The molecule has 0 fully saturated rings. The summed E-state index contributed by atoms with van der Waals surface area (Å²) in [5.74, 6) is -1.99. The number of aliphatic hydroxyl groups is 1. The zero-order valence-corrected chi connectivity index (χ0v) is 11.9. The Bertz CT molecular complexity index is 629. The molecule has 0 aromatic heterocycles. The second-order valence-electron chi connectivity index (χ2n) is 4.31. The minimum Gasteiger partial charge on any atom is -0.469 e. The molecule has 0 saturated heterocycles. The van der Waals surface area contributed by atoms with E-state index < -0.39 is 40.1 Å². The third-order valence-corrected chi connectivity index (χ3v) is 3.05. The van der Waals surface area contributed by atoms with E-state index in [1.165, 1.54) is 13.1 Å². The second-order valence-corrected chi connectivity index (χ2v) is 4.31. The molecule has 0 radical (unpaired) electrons. The molecule has 9 heteroatoms. The minimum atomic E-state index is -2.54. The van der Waals surface area contributed by atoms with Gasteiger partial charge in [-0.1, -0.05) is 6.07 Å². The average Bonchev–Trinajstić information content (AvgIpc) is 2.52. The lowest BCUT2D eigenvalue weighted by Gasteiger charge is -2.25. The Hall–Kier alpha value is -2.81. The molecule has 2 N–H and O–H groups in total. The molecule has 9 nitrogen and oxygen atoms in total. The summed E-state index contributed by atoms with van der Waals surface area (Å²) < 4.78 is 4.40. The number of rotatable bonds is 6. The van der Waals surface area contributed by atoms with Crippen molar-refractivity contribution < 1.29 is 29.2 Å². The summed E-state index contributed by atoms with van der Waals surface area (Å²) in [5.41, 5.74) is -4.07. The number of esters is 1. The van der Waals surface area contributed by atoms with Crippen LogP contribution in [0.25, 0.3) is 0 Å². The van der Waals surface area contributed by atoms with E-state index >= 15 is 0 Å². The first kappa shape index (κ1) is 17.2. The van der Waals surface area contributed by atoms with Crippen LogP contribution in [-0.2, 0) is 19.9 Å². The van der Waals surface area contributed by atoms with E-state index in [4.69, 9.17) is 0 Å². The number of benzene rings is 1. The summed E-state index contributed by atoms with van der Waals surface area (Å²) in [6, 6.07) is 3.53. The molecule has 0 heterocycles. The molecule has 0 aliphatic heterocycles. The van der Waals surface area contributed by atoms with Crippen LogP contribution in [0.5, 0.6) is 0 Å². The number of nitrogens with zero attached hydrogens (tertiary/aromatic N) is 1. The van der Waals surface area contributed by atoms with Gasteiger partial charge in [-0.15, -0.1) is 0 Å². The van der Waals surface area contributed by atoms with Crippen molar-refractivity contribution in [2.45, 2.75) is 12.0 Å². The van der Waals surface area contributed by atoms with Crippen LogP contribution >= 0.6 is 0 Å². The number of ether oxygens (including phenoxy) is 1. The summed E-state index contributed by atoms with van der Waals surface area (Å²) in [7, 11) is 2.24. The number of para-hydroxylation sites is 1. The number of carbonyl (C=O) groups excluding carboxylic acids is 3. The predicted molar refractivity (Wildman–Crippen MR) is 73.1 cm³/mol. The van der Waals surface area contributed by atoms with Crippen LogP contribution in [0.4, 0.5) is 5.69 Å². The van der Waals surface area contributed by atoms with Crippen LogP contribution in [0.2, 0.25) is 0 Å². The van der Waals surface area contributed by atoms with Crippen LogP contribution in [0.1, 0.15) is 22.3 Å². The highest BCUT2D eigenvalue weighted by Crippen LogP contribution is 2.35. The smallest absolute Gasteiger partial charge is 0.309 e. The number of likely N-dealkylation sites (N-methyl/N-ethyl adjacent to an activating group) is 1. The summed E-state index contributed by atoms with van der Waals surface area (Å²) in [4.78, 5) is 44.7. The molecule has 1 atom stereocenters. The van der Waals surface area contributed by atoms with Gasteiger partial charge in [-0.05, 0) is 12.1 Å². The molecule has 118 valence electrons. The van der Waals surface area contributed by atoms with Gasteiger partial charge in [0.25, 0.3) is 11.6 Å². The average molecular weight is 310 g/mol. The fraction of sp³-hybridized carbons (Fsp3) is 0.308. The predicted octanol–water partition coefficient (Wildman–Crippen LogP) is -0.0960. The maximum atomic E-state index is 12.0. The molecule has 1 amide bonds. The third-order valence-electron chi connectivity index (χ3n) is 3.05. The highest BCUT2D eigenvalue weighted by molar-refractivity contribution is 5.93. The number of methoxy groups -OCH3 is 1. The number of hydrogen-bond acceptors (Lipinski definition) is 7. The molecular formula is C13H14N2O7. The summed E-state index contributed by atoms with van der Waals surface area (Å²) >= 11 is 0. The Morgan fingerprint density at radius 3 is 2.59 bits per heavy atom. The van der Waals surface area contributed by atoms with Crippen molar-refractivity contribution in [3.05, 3.63) is 39.4 Å². The maximum Gasteiger partial charge on any atom is 0.309 e. The highest BCUT2D eigenvalue weighted by Gasteiger charge is 2.45. The number of amides is 1. The normalized spacial score (nSPS) is 12.9. The fourth-order valence-electron chi connectivity index (χ4n) is 1.98. The van der Waals surface area contributed by atoms with Gasteiger partial charge >= 0.3 is 5.97 Å². The number of aldehydes is 1. The zero-order valence-electron chi connectivity index (χ0n) is 11.9. The summed E-state index contributed by atoms with van der Waals surface area (Å²) in [6.07, 6.45) is -0.615. The van der Waals surface area contributed by atoms with Gasteiger partial charge in [-0.25, -0.2) is 0 Å². The summed E-state index contributed by atoms with van der Waals surface area (Å²) in [5, 5.41) is 23.9. The second kappa shape index (κ2) is 6.76. The molecule has 22 heavy (non-hydrogen) atoms. The lowest BCUT2D eigenvalue weighted by Crippen LogP contribution is -2.45. The topological polar surface area (TPSA) is 136 Å². The van der Waals surface area contributed by atoms with E-state index in [0.29, 0.717) is 0 Å². The Kier molecular flexibility index (Phi) is 5.30. The molecule has 0 saturated carbocycles. The van der Waals surface area contributed by atoms with Crippen molar-refractivity contribution >= 4 is 23.9 Å². The maximum absolute atomic E-state index is 12.0. The SMILES string of the molecule is CNC(=O)C(O)(CC(=O)OC)c1cccc(C=O)c1[N+](=O)[O-]. The van der Waals surface area contributed by atoms with Gasteiger partial charge in [-0.3, -0.25) is 24.5 Å². The number of nitro benzene ring substituents is 1.